The third-order valence-electron chi connectivity index (χ3n) is 4.26. The average Bonchev–Trinajstić information content (AvgIpc) is 2.47. The van der Waals surface area contributed by atoms with Gasteiger partial charge in [0.1, 0.15) is 5.75 Å². The highest BCUT2D eigenvalue weighted by atomic mass is 79.9. The molecule has 1 saturated heterocycles. The van der Waals surface area contributed by atoms with Gasteiger partial charge < -0.3 is 4.74 Å². The third-order valence-corrected chi connectivity index (χ3v) is 4.75. The summed E-state index contributed by atoms with van der Waals surface area (Å²) in [5, 5.41) is 0. The third kappa shape index (κ3) is 3.96. The summed E-state index contributed by atoms with van der Waals surface area (Å²) < 4.78 is 6.58. The molecule has 1 heterocycles. The van der Waals surface area contributed by atoms with E-state index in [4.69, 9.17) is 4.74 Å². The van der Waals surface area contributed by atoms with E-state index >= 15 is 0 Å². The Morgan fingerprint density at radius 1 is 1.25 bits per heavy atom. The summed E-state index contributed by atoms with van der Waals surface area (Å²) in [4.78, 5) is 5.11. The van der Waals surface area contributed by atoms with E-state index in [-0.39, 0.29) is 0 Å². The fourth-order valence-electron chi connectivity index (χ4n) is 2.73. The van der Waals surface area contributed by atoms with Gasteiger partial charge in [-0.3, -0.25) is 9.80 Å². The van der Waals surface area contributed by atoms with Crippen LogP contribution in [0.4, 0.5) is 0 Å². The molecule has 0 radical (unpaired) electrons. The zero-order valence-corrected chi connectivity index (χ0v) is 14.3. The molecule has 112 valence electrons. The lowest BCUT2D eigenvalue weighted by atomic mass is 10.1. The fourth-order valence-corrected chi connectivity index (χ4v) is 3.14. The molecule has 0 unspecified atom stereocenters. The molecule has 20 heavy (non-hydrogen) atoms. The molecular weight excluding hydrogens is 316 g/mol. The highest BCUT2D eigenvalue weighted by Gasteiger charge is 2.20. The van der Waals surface area contributed by atoms with Gasteiger partial charge in [0, 0.05) is 48.8 Å². The Balaban J connectivity index is 1.94. The van der Waals surface area contributed by atoms with Crippen molar-refractivity contribution in [2.24, 2.45) is 0 Å². The molecule has 3 nitrogen and oxygen atoms in total. The minimum absolute atomic E-state index is 0.706. The van der Waals surface area contributed by atoms with Crippen LogP contribution in [0.25, 0.3) is 0 Å². The Kier molecular flexibility index (Phi) is 5.87. The van der Waals surface area contributed by atoms with Crippen molar-refractivity contribution < 1.29 is 4.74 Å². The van der Waals surface area contributed by atoms with Crippen LogP contribution in [0.2, 0.25) is 0 Å². The summed E-state index contributed by atoms with van der Waals surface area (Å²) in [7, 11) is 1.74. The second-order valence-electron chi connectivity index (χ2n) is 5.53. The number of rotatable bonds is 5. The van der Waals surface area contributed by atoms with Gasteiger partial charge in [-0.1, -0.05) is 22.9 Å². The second-order valence-corrected chi connectivity index (χ2v) is 6.44. The highest BCUT2D eigenvalue weighted by molar-refractivity contribution is 9.10. The summed E-state index contributed by atoms with van der Waals surface area (Å²) in [6.45, 7) is 10.2. The molecule has 0 N–H and O–H groups in total. The van der Waals surface area contributed by atoms with Crippen LogP contribution < -0.4 is 4.74 Å². The molecule has 1 atom stereocenters. The SMILES string of the molecule is CC[C@H](C)N1CCN(Cc2cc(Br)ccc2OC)CC1. The van der Waals surface area contributed by atoms with E-state index in [0.29, 0.717) is 6.04 Å². The van der Waals surface area contributed by atoms with E-state index in [1.54, 1.807) is 7.11 Å². The van der Waals surface area contributed by atoms with Crippen molar-refractivity contribution in [1.29, 1.82) is 0 Å². The van der Waals surface area contributed by atoms with Crippen molar-refractivity contribution in [1.82, 2.24) is 9.80 Å². The lowest BCUT2D eigenvalue weighted by molar-refractivity contribution is 0.0958. The van der Waals surface area contributed by atoms with E-state index < -0.39 is 0 Å². The Bertz CT molecular complexity index is 430. The van der Waals surface area contributed by atoms with Crippen LogP contribution in [0.5, 0.6) is 5.75 Å². The quantitative estimate of drug-likeness (QED) is 0.817. The van der Waals surface area contributed by atoms with Gasteiger partial charge in [-0.25, -0.2) is 0 Å². The van der Waals surface area contributed by atoms with Crippen molar-refractivity contribution in [2.45, 2.75) is 32.9 Å². The number of hydrogen-bond donors (Lipinski definition) is 0. The van der Waals surface area contributed by atoms with Gasteiger partial charge in [0.05, 0.1) is 7.11 Å². The predicted octanol–water partition coefficient (Wildman–Crippen LogP) is 3.37. The van der Waals surface area contributed by atoms with Crippen molar-refractivity contribution in [3.63, 3.8) is 0 Å². The number of benzene rings is 1. The zero-order chi connectivity index (χ0) is 14.5. The normalized spacial score (nSPS) is 19.0. The van der Waals surface area contributed by atoms with Crippen molar-refractivity contribution in [3.8, 4) is 5.75 Å². The fraction of sp³-hybridized carbons (Fsp3) is 0.625. The standard InChI is InChI=1S/C16H25BrN2O/c1-4-13(2)19-9-7-18(8-10-19)12-14-11-15(17)5-6-16(14)20-3/h5-6,11,13H,4,7-10,12H2,1-3H3/t13-/m0/s1. The maximum Gasteiger partial charge on any atom is 0.123 e. The number of hydrogen-bond acceptors (Lipinski definition) is 3. The smallest absolute Gasteiger partial charge is 0.123 e. The van der Waals surface area contributed by atoms with Crippen LogP contribution in [0, 0.1) is 0 Å². The van der Waals surface area contributed by atoms with E-state index in [9.17, 15) is 0 Å². The summed E-state index contributed by atoms with van der Waals surface area (Å²) in [6.07, 6.45) is 1.24. The molecule has 0 aliphatic carbocycles. The van der Waals surface area contributed by atoms with Gasteiger partial charge >= 0.3 is 0 Å². The van der Waals surface area contributed by atoms with E-state index in [1.165, 1.54) is 25.1 Å². The van der Waals surface area contributed by atoms with Gasteiger partial charge in [0.25, 0.3) is 0 Å². The first-order chi connectivity index (χ1) is 9.63. The van der Waals surface area contributed by atoms with E-state index in [1.807, 2.05) is 12.1 Å². The van der Waals surface area contributed by atoms with Crippen LogP contribution in [0.3, 0.4) is 0 Å². The van der Waals surface area contributed by atoms with Gasteiger partial charge in [-0.05, 0) is 31.5 Å². The molecular formula is C16H25BrN2O. The predicted molar refractivity (Wildman–Crippen MR) is 87.3 cm³/mol. The van der Waals surface area contributed by atoms with Crippen LogP contribution in [0.15, 0.2) is 22.7 Å². The minimum Gasteiger partial charge on any atom is -0.496 e. The van der Waals surface area contributed by atoms with Crippen LogP contribution in [-0.2, 0) is 6.54 Å². The van der Waals surface area contributed by atoms with E-state index in [0.717, 1.165) is 29.9 Å². The monoisotopic (exact) mass is 340 g/mol. The molecule has 2 rings (SSSR count). The van der Waals surface area contributed by atoms with Crippen LogP contribution >= 0.6 is 15.9 Å². The zero-order valence-electron chi connectivity index (χ0n) is 12.7. The molecule has 1 aromatic rings. The second kappa shape index (κ2) is 7.43. The number of methoxy groups -OCH3 is 1. The summed E-state index contributed by atoms with van der Waals surface area (Å²) in [5.74, 6) is 0.984. The van der Waals surface area contributed by atoms with Crippen molar-refractivity contribution in [2.75, 3.05) is 33.3 Å². The molecule has 0 spiro atoms. The number of ether oxygens (including phenoxy) is 1. The van der Waals surface area contributed by atoms with Gasteiger partial charge in [-0.2, -0.15) is 0 Å². The maximum absolute atomic E-state index is 5.46. The van der Waals surface area contributed by atoms with Crippen molar-refractivity contribution >= 4 is 15.9 Å². The number of nitrogens with zero attached hydrogens (tertiary/aromatic N) is 2. The lowest BCUT2D eigenvalue weighted by Gasteiger charge is -2.38. The molecule has 1 fully saturated rings. The molecule has 1 aromatic carbocycles. The maximum atomic E-state index is 5.46. The number of halogens is 1. The topological polar surface area (TPSA) is 15.7 Å². The molecule has 0 saturated carbocycles. The average molecular weight is 341 g/mol. The Morgan fingerprint density at radius 2 is 1.95 bits per heavy atom. The highest BCUT2D eigenvalue weighted by Crippen LogP contribution is 2.24. The molecule has 0 bridgehead atoms. The van der Waals surface area contributed by atoms with E-state index in [2.05, 4.69) is 45.6 Å². The number of piperazine rings is 1. The molecule has 1 aliphatic heterocycles. The van der Waals surface area contributed by atoms with Crippen molar-refractivity contribution in [3.05, 3.63) is 28.2 Å². The summed E-state index contributed by atoms with van der Waals surface area (Å²) >= 11 is 3.55. The Morgan fingerprint density at radius 3 is 2.55 bits per heavy atom. The summed E-state index contributed by atoms with van der Waals surface area (Å²) in [5.41, 5.74) is 1.26. The first kappa shape index (κ1) is 15.8. The van der Waals surface area contributed by atoms with Gasteiger partial charge in [0.2, 0.25) is 0 Å². The largest absolute Gasteiger partial charge is 0.496 e. The first-order valence-electron chi connectivity index (χ1n) is 7.42. The van der Waals surface area contributed by atoms with Crippen LogP contribution in [-0.4, -0.2) is 49.1 Å². The minimum atomic E-state index is 0.706. The molecule has 0 amide bonds. The Labute approximate surface area is 131 Å². The van der Waals surface area contributed by atoms with Gasteiger partial charge in [0.15, 0.2) is 0 Å². The van der Waals surface area contributed by atoms with Gasteiger partial charge in [-0.15, -0.1) is 0 Å². The molecule has 1 aliphatic rings. The van der Waals surface area contributed by atoms with Crippen LogP contribution in [0.1, 0.15) is 25.8 Å². The molecule has 0 aromatic heterocycles. The molecule has 4 heteroatoms. The Hall–Kier alpha value is -0.580. The summed E-state index contributed by atoms with van der Waals surface area (Å²) in [6, 6.07) is 6.94. The first-order valence-corrected chi connectivity index (χ1v) is 8.22. The lowest BCUT2D eigenvalue weighted by Crippen LogP contribution is -2.49.